The molecule has 0 aliphatic heterocycles. The highest BCUT2D eigenvalue weighted by Crippen LogP contribution is 2.18. The van der Waals surface area contributed by atoms with Crippen LogP contribution >= 0.6 is 11.8 Å². The lowest BCUT2D eigenvalue weighted by Gasteiger charge is -2.18. The largest absolute Gasteiger partial charge is 0.339 e. The van der Waals surface area contributed by atoms with Gasteiger partial charge >= 0.3 is 0 Å². The molecule has 0 fully saturated rings. The van der Waals surface area contributed by atoms with E-state index >= 15 is 0 Å². The summed E-state index contributed by atoms with van der Waals surface area (Å²) < 4.78 is 0. The first-order valence-corrected chi connectivity index (χ1v) is 7.59. The van der Waals surface area contributed by atoms with Crippen molar-refractivity contribution in [2.75, 3.05) is 13.1 Å². The summed E-state index contributed by atoms with van der Waals surface area (Å²) in [5.41, 5.74) is 1.89. The van der Waals surface area contributed by atoms with Crippen LogP contribution in [-0.4, -0.2) is 39.1 Å². The Morgan fingerprint density at radius 1 is 1.25 bits per heavy atom. The molecule has 1 N–H and O–H groups in total. The maximum atomic E-state index is 12.2. The van der Waals surface area contributed by atoms with E-state index in [9.17, 15) is 4.79 Å². The molecule has 1 amide bonds. The molecule has 0 spiro atoms. The number of nitrogens with zero attached hydrogens (tertiary/aromatic N) is 3. The molecule has 1 heterocycles. The normalized spacial score (nSPS) is 10.5. The predicted octanol–water partition coefficient (Wildman–Crippen LogP) is 2.58. The zero-order valence-electron chi connectivity index (χ0n) is 11.7. The van der Waals surface area contributed by atoms with E-state index < -0.39 is 0 Å². The van der Waals surface area contributed by atoms with Crippen molar-refractivity contribution in [3.8, 4) is 0 Å². The van der Waals surface area contributed by atoms with Gasteiger partial charge in [0.15, 0.2) is 5.16 Å². The fourth-order valence-electron chi connectivity index (χ4n) is 1.85. The lowest BCUT2D eigenvalue weighted by atomic mass is 10.1. The summed E-state index contributed by atoms with van der Waals surface area (Å²) in [5, 5.41) is 7.41. The van der Waals surface area contributed by atoms with Crippen LogP contribution in [0.1, 0.15) is 29.8 Å². The number of rotatable bonds is 6. The molecule has 1 aromatic heterocycles. The molecular formula is C14H18N4OS. The Labute approximate surface area is 122 Å². The maximum Gasteiger partial charge on any atom is 0.253 e. The van der Waals surface area contributed by atoms with Gasteiger partial charge in [0.1, 0.15) is 6.33 Å². The van der Waals surface area contributed by atoms with Gasteiger partial charge in [-0.25, -0.2) is 4.98 Å². The monoisotopic (exact) mass is 290 g/mol. The van der Waals surface area contributed by atoms with Crippen LogP contribution in [0.2, 0.25) is 0 Å². The Hall–Kier alpha value is -1.82. The standard InChI is InChI=1S/C14H18N4OS/c1-3-18(4-2)13(19)12-7-5-11(6-8-12)9-20-14-15-10-16-17-14/h5-8,10H,3-4,9H2,1-2H3,(H,15,16,17). The second-order valence-electron chi connectivity index (χ2n) is 4.25. The summed E-state index contributed by atoms with van der Waals surface area (Å²) in [7, 11) is 0. The molecule has 0 aliphatic rings. The number of aromatic amines is 1. The molecule has 20 heavy (non-hydrogen) atoms. The van der Waals surface area contributed by atoms with Gasteiger partial charge in [-0.1, -0.05) is 23.9 Å². The lowest BCUT2D eigenvalue weighted by Crippen LogP contribution is -2.30. The number of carbonyl (C=O) groups excluding carboxylic acids is 1. The second kappa shape index (κ2) is 7.09. The second-order valence-corrected chi connectivity index (χ2v) is 5.22. The zero-order valence-corrected chi connectivity index (χ0v) is 12.5. The highest BCUT2D eigenvalue weighted by atomic mass is 32.2. The molecule has 0 bridgehead atoms. The van der Waals surface area contributed by atoms with Crippen molar-refractivity contribution in [1.82, 2.24) is 20.1 Å². The van der Waals surface area contributed by atoms with Crippen LogP contribution in [0.3, 0.4) is 0 Å². The van der Waals surface area contributed by atoms with Gasteiger partial charge in [-0.3, -0.25) is 9.89 Å². The van der Waals surface area contributed by atoms with Crippen LogP contribution in [0.4, 0.5) is 0 Å². The smallest absolute Gasteiger partial charge is 0.253 e. The van der Waals surface area contributed by atoms with E-state index in [2.05, 4.69) is 15.2 Å². The van der Waals surface area contributed by atoms with Crippen molar-refractivity contribution >= 4 is 17.7 Å². The van der Waals surface area contributed by atoms with E-state index in [0.717, 1.165) is 35.1 Å². The predicted molar refractivity (Wildman–Crippen MR) is 79.6 cm³/mol. The Morgan fingerprint density at radius 2 is 1.95 bits per heavy atom. The van der Waals surface area contributed by atoms with Gasteiger partial charge in [-0.05, 0) is 31.5 Å². The third kappa shape index (κ3) is 3.60. The first-order chi connectivity index (χ1) is 9.74. The zero-order chi connectivity index (χ0) is 14.4. The number of amides is 1. The minimum Gasteiger partial charge on any atom is -0.339 e. The number of hydrogen-bond donors (Lipinski definition) is 1. The first kappa shape index (κ1) is 14.6. The fourth-order valence-corrected chi connectivity index (χ4v) is 2.59. The number of aromatic nitrogens is 3. The molecule has 0 saturated carbocycles. The van der Waals surface area contributed by atoms with E-state index in [1.165, 1.54) is 6.33 Å². The molecule has 0 unspecified atom stereocenters. The van der Waals surface area contributed by atoms with Crippen molar-refractivity contribution in [1.29, 1.82) is 0 Å². The molecule has 2 aromatic rings. The topological polar surface area (TPSA) is 61.9 Å². The first-order valence-electron chi connectivity index (χ1n) is 6.61. The number of nitrogens with one attached hydrogen (secondary N) is 1. The molecule has 0 aliphatic carbocycles. The van der Waals surface area contributed by atoms with Crippen LogP contribution in [-0.2, 0) is 5.75 Å². The average Bonchev–Trinajstić information content (AvgIpc) is 3.00. The number of H-pyrrole nitrogens is 1. The van der Waals surface area contributed by atoms with E-state index in [4.69, 9.17) is 0 Å². The summed E-state index contributed by atoms with van der Waals surface area (Å²) in [5.74, 6) is 0.888. The SMILES string of the molecule is CCN(CC)C(=O)c1ccc(CSc2ncn[nH]2)cc1. The van der Waals surface area contributed by atoms with Gasteiger partial charge in [-0.2, -0.15) is 5.10 Å². The van der Waals surface area contributed by atoms with E-state index in [1.54, 1.807) is 11.8 Å². The molecular weight excluding hydrogens is 272 g/mol. The molecule has 0 saturated heterocycles. The Bertz CT molecular complexity index is 535. The van der Waals surface area contributed by atoms with Crippen molar-refractivity contribution in [3.05, 3.63) is 41.7 Å². The summed E-state index contributed by atoms with van der Waals surface area (Å²) >= 11 is 1.59. The van der Waals surface area contributed by atoms with E-state index in [1.807, 2.05) is 43.0 Å². The Balaban J connectivity index is 1.97. The van der Waals surface area contributed by atoms with Crippen LogP contribution in [0, 0.1) is 0 Å². The fraction of sp³-hybridized carbons (Fsp3) is 0.357. The van der Waals surface area contributed by atoms with Crippen LogP contribution in [0.15, 0.2) is 35.7 Å². The quantitative estimate of drug-likeness (QED) is 0.831. The molecule has 1 aromatic carbocycles. The van der Waals surface area contributed by atoms with Crippen LogP contribution < -0.4 is 0 Å². The molecule has 5 nitrogen and oxygen atoms in total. The molecule has 2 rings (SSSR count). The van der Waals surface area contributed by atoms with E-state index in [-0.39, 0.29) is 5.91 Å². The minimum absolute atomic E-state index is 0.0874. The van der Waals surface area contributed by atoms with Crippen LogP contribution in [0.25, 0.3) is 0 Å². The molecule has 6 heteroatoms. The van der Waals surface area contributed by atoms with Crippen molar-refractivity contribution in [2.45, 2.75) is 24.8 Å². The van der Waals surface area contributed by atoms with Gasteiger partial charge in [0.25, 0.3) is 5.91 Å². The van der Waals surface area contributed by atoms with Gasteiger partial charge < -0.3 is 4.90 Å². The average molecular weight is 290 g/mol. The van der Waals surface area contributed by atoms with Gasteiger partial charge in [0, 0.05) is 24.4 Å². The summed E-state index contributed by atoms with van der Waals surface area (Å²) in [4.78, 5) is 18.0. The summed E-state index contributed by atoms with van der Waals surface area (Å²) in [6.07, 6.45) is 1.49. The van der Waals surface area contributed by atoms with Gasteiger partial charge in [-0.15, -0.1) is 0 Å². The molecule has 0 radical (unpaired) electrons. The maximum absolute atomic E-state index is 12.2. The Morgan fingerprint density at radius 3 is 2.50 bits per heavy atom. The van der Waals surface area contributed by atoms with Crippen molar-refractivity contribution in [2.24, 2.45) is 0 Å². The van der Waals surface area contributed by atoms with Crippen molar-refractivity contribution in [3.63, 3.8) is 0 Å². The highest BCUT2D eigenvalue weighted by Gasteiger charge is 2.11. The molecule has 106 valence electrons. The van der Waals surface area contributed by atoms with E-state index in [0.29, 0.717) is 0 Å². The van der Waals surface area contributed by atoms with Crippen LogP contribution in [0.5, 0.6) is 0 Å². The lowest BCUT2D eigenvalue weighted by molar-refractivity contribution is 0.0773. The highest BCUT2D eigenvalue weighted by molar-refractivity contribution is 7.98. The Kier molecular flexibility index (Phi) is 5.17. The van der Waals surface area contributed by atoms with Gasteiger partial charge in [0.05, 0.1) is 0 Å². The number of hydrogen-bond acceptors (Lipinski definition) is 4. The third-order valence-electron chi connectivity index (χ3n) is 3.02. The molecule has 0 atom stereocenters. The van der Waals surface area contributed by atoms with Crippen molar-refractivity contribution < 1.29 is 4.79 Å². The number of carbonyl (C=O) groups is 1. The van der Waals surface area contributed by atoms with Gasteiger partial charge in [0.2, 0.25) is 0 Å². The third-order valence-corrected chi connectivity index (χ3v) is 3.97. The summed E-state index contributed by atoms with van der Waals surface area (Å²) in [6.45, 7) is 5.45. The summed E-state index contributed by atoms with van der Waals surface area (Å²) in [6, 6.07) is 7.74. The number of benzene rings is 1. The number of thioether (sulfide) groups is 1. The minimum atomic E-state index is 0.0874.